The smallest absolute Gasteiger partial charge is 0.320 e. The molecule has 0 saturated heterocycles. The van der Waals surface area contributed by atoms with Gasteiger partial charge < -0.3 is 20.8 Å². The van der Waals surface area contributed by atoms with Gasteiger partial charge in [-0.3, -0.25) is 19.2 Å². The number of hydrogen-bond donors (Lipinski definition) is 4. The van der Waals surface area contributed by atoms with E-state index in [0.29, 0.717) is 11.1 Å². The third-order valence-corrected chi connectivity index (χ3v) is 7.30. The Labute approximate surface area is 227 Å². The third-order valence-electron chi connectivity index (χ3n) is 6.06. The highest BCUT2D eigenvalue weighted by atomic mass is 79.9. The van der Waals surface area contributed by atoms with E-state index >= 15 is 0 Å². The number of carbonyl (C=O) groups is 4. The zero-order valence-electron chi connectivity index (χ0n) is 21.4. The zero-order valence-corrected chi connectivity index (χ0v) is 24.6. The number of amides is 2. The molecule has 0 bridgehead atoms. The van der Waals surface area contributed by atoms with Crippen LogP contribution >= 0.6 is 31.9 Å². The molecule has 0 heterocycles. The molecule has 0 rings (SSSR count). The molecule has 36 heavy (non-hydrogen) atoms. The second-order valence-electron chi connectivity index (χ2n) is 10.6. The fourth-order valence-electron chi connectivity index (χ4n) is 3.39. The Bertz CT molecular complexity index is 831. The van der Waals surface area contributed by atoms with Crippen LogP contribution in [0.25, 0.3) is 0 Å². The lowest BCUT2D eigenvalue weighted by molar-refractivity contribution is -0.140. The van der Waals surface area contributed by atoms with Crippen LogP contribution in [0.1, 0.15) is 54.4 Å². The molecule has 0 fully saturated rings. The summed E-state index contributed by atoms with van der Waals surface area (Å²) in [7, 11) is 0. The van der Waals surface area contributed by atoms with Crippen molar-refractivity contribution >= 4 is 55.6 Å². The van der Waals surface area contributed by atoms with Gasteiger partial charge in [0, 0.05) is 13.1 Å². The first-order valence-corrected chi connectivity index (χ1v) is 12.6. The number of rotatable bonds is 15. The van der Waals surface area contributed by atoms with E-state index in [1.807, 2.05) is 0 Å². The maximum absolute atomic E-state index is 14.4. The fraction of sp³-hybridized carbons (Fsp3) is 0.667. The number of hydrogen-bond acceptors (Lipinski definition) is 4. The van der Waals surface area contributed by atoms with Crippen molar-refractivity contribution in [3.63, 3.8) is 0 Å². The third kappa shape index (κ3) is 9.91. The fourth-order valence-corrected chi connectivity index (χ4v) is 4.79. The van der Waals surface area contributed by atoms with Crippen LogP contribution in [0, 0.1) is 10.8 Å². The minimum atomic E-state index is -2.79. The van der Waals surface area contributed by atoms with Crippen LogP contribution in [-0.2, 0) is 19.2 Å². The molecule has 0 aromatic rings. The Kier molecular flexibility index (Phi) is 12.0. The van der Waals surface area contributed by atoms with Crippen molar-refractivity contribution in [1.29, 1.82) is 0 Å². The molecule has 0 aromatic carbocycles. The quantitative estimate of drug-likeness (QED) is 0.155. The summed E-state index contributed by atoms with van der Waals surface area (Å²) in [6.07, 6.45) is -5.36. The first kappa shape index (κ1) is 34.2. The van der Waals surface area contributed by atoms with Crippen LogP contribution in [0.4, 0.5) is 8.78 Å². The predicted molar refractivity (Wildman–Crippen MR) is 141 cm³/mol. The molecule has 0 saturated carbocycles. The van der Waals surface area contributed by atoms with Crippen molar-refractivity contribution in [2.24, 2.45) is 10.8 Å². The van der Waals surface area contributed by atoms with Gasteiger partial charge in [0.1, 0.15) is 8.65 Å². The second-order valence-corrected chi connectivity index (χ2v) is 14.1. The van der Waals surface area contributed by atoms with Crippen LogP contribution in [-0.4, -0.2) is 68.0 Å². The van der Waals surface area contributed by atoms with Crippen LogP contribution in [0.15, 0.2) is 24.3 Å². The molecular weight excluding hydrogens is 610 g/mol. The minimum absolute atomic E-state index is 0.109. The molecule has 0 aromatic heterocycles. The normalized spacial score (nSPS) is 17.1. The summed E-state index contributed by atoms with van der Waals surface area (Å²) in [5.41, 5.74) is -0.787. The van der Waals surface area contributed by atoms with Crippen LogP contribution in [0.2, 0.25) is 0 Å². The van der Waals surface area contributed by atoms with E-state index in [1.165, 1.54) is 13.8 Å². The summed E-state index contributed by atoms with van der Waals surface area (Å²) >= 11 is 6.26. The summed E-state index contributed by atoms with van der Waals surface area (Å²) < 4.78 is 26.2. The zero-order chi connectivity index (χ0) is 28.9. The molecule has 8 nitrogen and oxygen atoms in total. The van der Waals surface area contributed by atoms with Gasteiger partial charge in [0.05, 0.1) is 0 Å². The number of carbonyl (C=O) groups excluding carboxylic acids is 2. The van der Waals surface area contributed by atoms with E-state index < -0.39 is 55.6 Å². The molecule has 4 N–H and O–H groups in total. The van der Waals surface area contributed by atoms with Crippen molar-refractivity contribution < 1.29 is 38.2 Å². The maximum Gasteiger partial charge on any atom is 0.320 e. The molecule has 0 aliphatic carbocycles. The van der Waals surface area contributed by atoms with Crippen molar-refractivity contribution in [3.8, 4) is 0 Å². The van der Waals surface area contributed by atoms with Gasteiger partial charge in [-0.2, -0.15) is 0 Å². The predicted octanol–water partition coefficient (Wildman–Crippen LogP) is 4.32. The molecule has 206 valence electrons. The average Bonchev–Trinajstić information content (AvgIpc) is 2.72. The van der Waals surface area contributed by atoms with Gasteiger partial charge in [0.25, 0.3) is 11.8 Å². The molecule has 0 aliphatic rings. The van der Waals surface area contributed by atoms with Crippen LogP contribution in [0.3, 0.4) is 0 Å². The van der Waals surface area contributed by atoms with Crippen LogP contribution in [0.5, 0.6) is 0 Å². The average molecular weight is 646 g/mol. The summed E-state index contributed by atoms with van der Waals surface area (Å²) in [5, 5.41) is 22.9. The Morgan fingerprint density at radius 1 is 0.722 bits per heavy atom. The van der Waals surface area contributed by atoms with E-state index in [0.717, 1.165) is 0 Å². The number of aliphatic carboxylic acids is 2. The van der Waals surface area contributed by atoms with Gasteiger partial charge in [-0.1, -0.05) is 83.9 Å². The van der Waals surface area contributed by atoms with E-state index in [4.69, 9.17) is 0 Å². The molecule has 0 spiro atoms. The number of alkyl halides is 4. The monoisotopic (exact) mass is 644 g/mol. The van der Waals surface area contributed by atoms with E-state index in [2.05, 4.69) is 55.7 Å². The molecule has 0 radical (unpaired) electrons. The summed E-state index contributed by atoms with van der Waals surface area (Å²) in [6.45, 7) is 16.9. The lowest BCUT2D eigenvalue weighted by Gasteiger charge is -2.33. The number of halogens is 4. The Morgan fingerprint density at radius 3 is 1.19 bits per heavy atom. The highest BCUT2D eigenvalue weighted by Crippen LogP contribution is 2.39. The Morgan fingerprint density at radius 2 is 0.972 bits per heavy atom. The van der Waals surface area contributed by atoms with Crippen molar-refractivity contribution in [2.75, 3.05) is 13.1 Å². The lowest BCUT2D eigenvalue weighted by Crippen LogP contribution is -2.47. The largest absolute Gasteiger partial charge is 0.480 e. The van der Waals surface area contributed by atoms with E-state index in [9.17, 15) is 38.2 Å². The Hall–Kier alpha value is -1.82. The maximum atomic E-state index is 14.4. The summed E-state index contributed by atoms with van der Waals surface area (Å²) in [6, 6.07) is 0. The molecular formula is C24H36Br2F2N2O6. The number of carboxylic acid groups (broad SMARTS) is 2. The van der Waals surface area contributed by atoms with Gasteiger partial charge in [0.15, 0.2) is 0 Å². The number of nitrogens with one attached hydrogen (secondary N) is 2. The minimum Gasteiger partial charge on any atom is -0.480 e. The number of carboxylic acids is 2. The molecule has 0 aliphatic heterocycles. The second kappa shape index (κ2) is 12.6. The first-order chi connectivity index (χ1) is 16.0. The molecule has 12 heteroatoms. The topological polar surface area (TPSA) is 133 Å². The van der Waals surface area contributed by atoms with Crippen molar-refractivity contribution in [2.45, 2.75) is 75.4 Å². The van der Waals surface area contributed by atoms with Crippen molar-refractivity contribution in [1.82, 2.24) is 10.6 Å². The first-order valence-electron chi connectivity index (χ1n) is 11.0. The summed E-state index contributed by atoms with van der Waals surface area (Å²) in [5.74, 6) is -4.89. The van der Waals surface area contributed by atoms with E-state index in [-0.39, 0.29) is 25.9 Å². The van der Waals surface area contributed by atoms with Crippen LogP contribution < -0.4 is 10.6 Å². The Balaban J connectivity index is 4.95. The van der Waals surface area contributed by atoms with E-state index in [1.54, 1.807) is 27.7 Å². The highest BCUT2D eigenvalue weighted by Gasteiger charge is 2.40. The SMILES string of the molecule is C=C(CNC(=O)C(F)C(F)C(=O)NCC(=C)C(C)(C)CC(C)(Br)C(=O)O)C(C)(C)CC(C)(Br)C(=O)O. The van der Waals surface area contributed by atoms with Gasteiger partial charge in [0.2, 0.25) is 12.3 Å². The van der Waals surface area contributed by atoms with Gasteiger partial charge >= 0.3 is 11.9 Å². The molecule has 4 atom stereocenters. The van der Waals surface area contributed by atoms with Gasteiger partial charge in [-0.25, -0.2) is 8.78 Å². The van der Waals surface area contributed by atoms with Crippen molar-refractivity contribution in [3.05, 3.63) is 24.3 Å². The van der Waals surface area contributed by atoms with Gasteiger partial charge in [-0.05, 0) is 37.5 Å². The summed E-state index contributed by atoms with van der Waals surface area (Å²) in [4.78, 5) is 46.9. The molecule has 4 unspecified atom stereocenters. The highest BCUT2D eigenvalue weighted by molar-refractivity contribution is 9.10. The lowest BCUT2D eigenvalue weighted by atomic mass is 9.77. The molecule has 2 amide bonds. The standard InChI is InChI=1S/C24H36Br2F2N2O6/c1-13(21(3,4)11-23(7,25)19(33)34)9-29-17(31)15(27)16(28)18(32)30-10-14(2)22(5,6)12-24(8,26)20(35)36/h15-16H,1-2,9-12H2,3-8H3,(H,29,31)(H,30,32)(H,33,34)(H,35,36). The van der Waals surface area contributed by atoms with Gasteiger partial charge in [-0.15, -0.1) is 0 Å².